The van der Waals surface area contributed by atoms with E-state index < -0.39 is 10.2 Å². The predicted octanol–water partition coefficient (Wildman–Crippen LogP) is 2.55. The van der Waals surface area contributed by atoms with Gasteiger partial charge in [0.05, 0.1) is 6.04 Å². The van der Waals surface area contributed by atoms with Crippen LogP contribution in [-0.2, 0) is 16.6 Å². The third-order valence-corrected chi connectivity index (χ3v) is 6.38. The van der Waals surface area contributed by atoms with Gasteiger partial charge in [0, 0.05) is 18.5 Å². The maximum atomic E-state index is 11.9. The van der Waals surface area contributed by atoms with Crippen molar-refractivity contribution in [3.8, 4) is 0 Å². The minimum atomic E-state index is -3.32. The monoisotopic (exact) mass is 322 g/mol. The number of rotatable bonds is 3. The van der Waals surface area contributed by atoms with Crippen molar-refractivity contribution in [2.45, 2.75) is 18.9 Å². The molecule has 0 spiro atoms. The van der Waals surface area contributed by atoms with Crippen molar-refractivity contribution in [1.82, 2.24) is 9.03 Å². The Balaban J connectivity index is 1.73. The average Bonchev–Trinajstić information content (AvgIpc) is 2.91. The van der Waals surface area contributed by atoms with Crippen LogP contribution in [0, 0.1) is 0 Å². The zero-order chi connectivity index (χ0) is 14.9. The molecule has 0 radical (unpaired) electrons. The highest BCUT2D eigenvalue weighted by Crippen LogP contribution is 2.29. The summed E-state index contributed by atoms with van der Waals surface area (Å²) < 4.78 is 27.9. The van der Waals surface area contributed by atoms with Gasteiger partial charge < -0.3 is 0 Å². The molecule has 2 heterocycles. The minimum absolute atomic E-state index is 0.0966. The SMILES string of the molecule is CN1CC[C@@H](c2cc(Cc3ccccc3)cs2)NS1(=O)=O. The highest BCUT2D eigenvalue weighted by molar-refractivity contribution is 7.87. The third-order valence-electron chi connectivity index (χ3n) is 3.70. The van der Waals surface area contributed by atoms with Gasteiger partial charge >= 0.3 is 0 Å². The van der Waals surface area contributed by atoms with Gasteiger partial charge in [0.25, 0.3) is 10.2 Å². The number of benzene rings is 1. The molecule has 21 heavy (non-hydrogen) atoms. The fourth-order valence-corrected chi connectivity index (χ4v) is 4.67. The first-order valence-electron chi connectivity index (χ1n) is 6.89. The van der Waals surface area contributed by atoms with Crippen LogP contribution in [0.4, 0.5) is 0 Å². The topological polar surface area (TPSA) is 49.4 Å². The second-order valence-electron chi connectivity index (χ2n) is 5.31. The van der Waals surface area contributed by atoms with Gasteiger partial charge in [0.1, 0.15) is 0 Å². The Morgan fingerprint density at radius 1 is 1.29 bits per heavy atom. The third kappa shape index (κ3) is 3.35. The number of hydrogen-bond donors (Lipinski definition) is 1. The Morgan fingerprint density at radius 2 is 2.05 bits per heavy atom. The molecule has 0 aliphatic carbocycles. The smallest absolute Gasteiger partial charge is 0.195 e. The highest BCUT2D eigenvalue weighted by Gasteiger charge is 2.29. The molecule has 0 bridgehead atoms. The Labute approximate surface area is 129 Å². The molecular weight excluding hydrogens is 304 g/mol. The maximum absolute atomic E-state index is 11.9. The minimum Gasteiger partial charge on any atom is -0.195 e. The van der Waals surface area contributed by atoms with E-state index in [-0.39, 0.29) is 6.04 Å². The average molecular weight is 322 g/mol. The molecule has 1 atom stereocenters. The van der Waals surface area contributed by atoms with Gasteiger partial charge in [-0.3, -0.25) is 0 Å². The fraction of sp³-hybridized carbons (Fsp3) is 0.333. The predicted molar refractivity (Wildman–Crippen MR) is 85.6 cm³/mol. The summed E-state index contributed by atoms with van der Waals surface area (Å²) in [7, 11) is -1.71. The van der Waals surface area contributed by atoms with Gasteiger partial charge in [-0.1, -0.05) is 30.3 Å². The first-order chi connectivity index (χ1) is 10.0. The molecule has 0 saturated carbocycles. The zero-order valence-corrected chi connectivity index (χ0v) is 13.5. The second kappa shape index (κ2) is 5.88. The van der Waals surface area contributed by atoms with Gasteiger partial charge in [0.2, 0.25) is 0 Å². The summed E-state index contributed by atoms with van der Waals surface area (Å²) in [6.45, 7) is 0.561. The number of nitrogens with zero attached hydrogens (tertiary/aromatic N) is 1. The molecule has 4 nitrogen and oxygen atoms in total. The van der Waals surface area contributed by atoms with Crippen molar-refractivity contribution in [2.24, 2.45) is 0 Å². The van der Waals surface area contributed by atoms with E-state index in [0.29, 0.717) is 6.54 Å². The van der Waals surface area contributed by atoms with Crippen LogP contribution < -0.4 is 4.72 Å². The Morgan fingerprint density at radius 3 is 2.76 bits per heavy atom. The molecule has 1 N–H and O–H groups in total. The molecule has 1 aromatic carbocycles. The van der Waals surface area contributed by atoms with Crippen LogP contribution in [0.15, 0.2) is 41.8 Å². The van der Waals surface area contributed by atoms with Gasteiger partial charge in [-0.15, -0.1) is 11.3 Å². The molecule has 6 heteroatoms. The molecule has 1 fully saturated rings. The highest BCUT2D eigenvalue weighted by atomic mass is 32.2. The molecule has 1 aromatic heterocycles. The molecule has 3 rings (SSSR count). The first-order valence-corrected chi connectivity index (χ1v) is 9.21. The lowest BCUT2D eigenvalue weighted by Crippen LogP contribution is -2.46. The standard InChI is InChI=1S/C15H18N2O2S2/c1-17-8-7-14(16-21(17,18)19)15-10-13(11-20-15)9-12-5-3-2-4-6-12/h2-6,10-11,14,16H,7-9H2,1H3/t14-/m0/s1. The van der Waals surface area contributed by atoms with Crippen molar-refractivity contribution < 1.29 is 8.42 Å². The molecular formula is C15H18N2O2S2. The number of nitrogens with one attached hydrogen (secondary N) is 1. The summed E-state index contributed by atoms with van der Waals surface area (Å²) in [5, 5.41) is 2.12. The summed E-state index contributed by atoms with van der Waals surface area (Å²) in [5.41, 5.74) is 2.50. The van der Waals surface area contributed by atoms with Crippen molar-refractivity contribution in [3.05, 3.63) is 57.8 Å². The van der Waals surface area contributed by atoms with Crippen LogP contribution in [-0.4, -0.2) is 26.3 Å². The van der Waals surface area contributed by atoms with E-state index in [2.05, 4.69) is 28.3 Å². The van der Waals surface area contributed by atoms with E-state index in [4.69, 9.17) is 0 Å². The van der Waals surface area contributed by atoms with Gasteiger partial charge in [-0.05, 0) is 35.4 Å². The normalized spacial score (nSPS) is 22.2. The lowest BCUT2D eigenvalue weighted by molar-refractivity contribution is 0.384. The number of hydrogen-bond acceptors (Lipinski definition) is 3. The van der Waals surface area contributed by atoms with E-state index in [9.17, 15) is 8.42 Å². The molecule has 112 valence electrons. The van der Waals surface area contributed by atoms with Crippen molar-refractivity contribution in [2.75, 3.05) is 13.6 Å². The van der Waals surface area contributed by atoms with Crippen LogP contribution >= 0.6 is 11.3 Å². The first kappa shape index (κ1) is 14.7. The van der Waals surface area contributed by atoms with E-state index in [0.717, 1.165) is 17.7 Å². The summed E-state index contributed by atoms with van der Waals surface area (Å²) >= 11 is 1.63. The summed E-state index contributed by atoms with van der Waals surface area (Å²) in [4.78, 5) is 1.10. The lowest BCUT2D eigenvalue weighted by Gasteiger charge is -2.29. The van der Waals surface area contributed by atoms with E-state index >= 15 is 0 Å². The van der Waals surface area contributed by atoms with Gasteiger partial charge in [-0.2, -0.15) is 17.4 Å². The quantitative estimate of drug-likeness (QED) is 0.944. The van der Waals surface area contributed by atoms with Crippen LogP contribution in [0.1, 0.15) is 28.5 Å². The molecule has 2 aromatic rings. The summed E-state index contributed by atoms with van der Waals surface area (Å²) in [6.07, 6.45) is 1.69. The Bertz CT molecular complexity index is 710. The van der Waals surface area contributed by atoms with Crippen molar-refractivity contribution in [1.29, 1.82) is 0 Å². The molecule has 0 unspecified atom stereocenters. The summed E-state index contributed by atoms with van der Waals surface area (Å²) in [5.74, 6) is 0. The molecule has 0 amide bonds. The maximum Gasteiger partial charge on any atom is 0.279 e. The summed E-state index contributed by atoms with van der Waals surface area (Å²) in [6, 6.07) is 12.3. The van der Waals surface area contributed by atoms with Crippen LogP contribution in [0.2, 0.25) is 0 Å². The molecule has 1 aliphatic heterocycles. The van der Waals surface area contributed by atoms with Gasteiger partial charge in [-0.25, -0.2) is 0 Å². The van der Waals surface area contributed by atoms with E-state index in [1.807, 2.05) is 18.2 Å². The van der Waals surface area contributed by atoms with Gasteiger partial charge in [0.15, 0.2) is 0 Å². The van der Waals surface area contributed by atoms with Crippen LogP contribution in [0.25, 0.3) is 0 Å². The molecule has 1 aliphatic rings. The fourth-order valence-electron chi connectivity index (χ4n) is 2.46. The van der Waals surface area contributed by atoms with Crippen LogP contribution in [0.5, 0.6) is 0 Å². The Kier molecular flexibility index (Phi) is 4.12. The molecule has 1 saturated heterocycles. The van der Waals surface area contributed by atoms with E-state index in [1.54, 1.807) is 18.4 Å². The second-order valence-corrected chi connectivity index (χ2v) is 8.06. The number of thiophene rings is 1. The van der Waals surface area contributed by atoms with E-state index in [1.165, 1.54) is 15.4 Å². The van der Waals surface area contributed by atoms with Crippen molar-refractivity contribution >= 4 is 21.5 Å². The van der Waals surface area contributed by atoms with Crippen molar-refractivity contribution in [3.63, 3.8) is 0 Å². The lowest BCUT2D eigenvalue weighted by atomic mass is 10.1. The largest absolute Gasteiger partial charge is 0.279 e. The Hall–Kier alpha value is -1.21. The zero-order valence-electron chi connectivity index (χ0n) is 11.8. The van der Waals surface area contributed by atoms with Crippen LogP contribution in [0.3, 0.4) is 0 Å².